The van der Waals surface area contributed by atoms with Crippen molar-refractivity contribution in [2.75, 3.05) is 21.3 Å². The van der Waals surface area contributed by atoms with Gasteiger partial charge in [-0.25, -0.2) is 0 Å². The van der Waals surface area contributed by atoms with Crippen LogP contribution in [0.15, 0.2) is 53.9 Å². The fourth-order valence-corrected chi connectivity index (χ4v) is 4.36. The van der Waals surface area contributed by atoms with Gasteiger partial charge in [-0.3, -0.25) is 0 Å². The molecule has 0 saturated heterocycles. The van der Waals surface area contributed by atoms with Crippen molar-refractivity contribution < 1.29 is 18.9 Å². The number of ether oxygens (including phenoxy) is 4. The van der Waals surface area contributed by atoms with Crippen molar-refractivity contribution >= 4 is 23.2 Å². The predicted molar refractivity (Wildman–Crippen MR) is 112 cm³/mol. The van der Waals surface area contributed by atoms with Crippen molar-refractivity contribution in [2.24, 2.45) is 0 Å². The number of thiophene rings is 1. The molecule has 144 valence electrons. The van der Waals surface area contributed by atoms with E-state index in [0.717, 1.165) is 33.1 Å². The molecule has 4 nitrogen and oxygen atoms in total. The van der Waals surface area contributed by atoms with Crippen molar-refractivity contribution in [3.8, 4) is 17.2 Å². The molecule has 4 rings (SSSR count). The molecule has 5 heteroatoms. The van der Waals surface area contributed by atoms with Crippen molar-refractivity contribution in [3.05, 3.63) is 75.5 Å². The van der Waals surface area contributed by atoms with Crippen LogP contribution < -0.4 is 14.2 Å². The summed E-state index contributed by atoms with van der Waals surface area (Å²) in [6.07, 6.45) is 2.03. The molecule has 0 spiro atoms. The largest absolute Gasteiger partial charge is 0.497 e. The first-order valence-corrected chi connectivity index (χ1v) is 9.82. The Balaban J connectivity index is 1.83. The van der Waals surface area contributed by atoms with Gasteiger partial charge in [0.25, 0.3) is 0 Å². The third-order valence-electron chi connectivity index (χ3n) is 5.02. The van der Waals surface area contributed by atoms with Crippen LogP contribution in [-0.2, 0) is 10.3 Å². The topological polar surface area (TPSA) is 36.9 Å². The fourth-order valence-electron chi connectivity index (χ4n) is 3.52. The minimum Gasteiger partial charge on any atom is -0.497 e. The fraction of sp³-hybridized carbons (Fsp3) is 0.217. The van der Waals surface area contributed by atoms with E-state index in [4.69, 9.17) is 18.9 Å². The van der Waals surface area contributed by atoms with Crippen LogP contribution in [0, 0.1) is 0 Å². The second-order valence-corrected chi connectivity index (χ2v) is 7.59. The number of methoxy groups -OCH3 is 3. The highest BCUT2D eigenvalue weighted by molar-refractivity contribution is 7.10. The molecule has 1 aliphatic heterocycles. The number of hydrogen-bond acceptors (Lipinski definition) is 5. The Hall–Kier alpha value is -2.92. The van der Waals surface area contributed by atoms with Crippen molar-refractivity contribution in [1.82, 2.24) is 0 Å². The Morgan fingerprint density at radius 2 is 1.75 bits per heavy atom. The molecule has 1 aliphatic rings. The zero-order valence-corrected chi connectivity index (χ0v) is 17.1. The van der Waals surface area contributed by atoms with Gasteiger partial charge in [-0.05, 0) is 60.3 Å². The molecule has 0 aliphatic carbocycles. The van der Waals surface area contributed by atoms with Crippen molar-refractivity contribution in [2.45, 2.75) is 12.5 Å². The molecule has 28 heavy (non-hydrogen) atoms. The van der Waals surface area contributed by atoms with Crippen LogP contribution in [0.3, 0.4) is 0 Å². The quantitative estimate of drug-likeness (QED) is 0.567. The Kier molecular flexibility index (Phi) is 4.77. The Morgan fingerprint density at radius 3 is 2.43 bits per heavy atom. The first-order valence-electron chi connectivity index (χ1n) is 8.94. The highest BCUT2D eigenvalue weighted by Gasteiger charge is 2.42. The van der Waals surface area contributed by atoms with Crippen LogP contribution in [0.25, 0.3) is 11.8 Å². The zero-order valence-electron chi connectivity index (χ0n) is 16.3. The van der Waals surface area contributed by atoms with E-state index in [2.05, 4.69) is 30.5 Å². The lowest BCUT2D eigenvalue weighted by atomic mass is 9.92. The van der Waals surface area contributed by atoms with E-state index < -0.39 is 5.60 Å². The minimum absolute atomic E-state index is 0.555. The van der Waals surface area contributed by atoms with Crippen molar-refractivity contribution in [3.63, 3.8) is 0 Å². The summed E-state index contributed by atoms with van der Waals surface area (Å²) in [4.78, 5) is 1.15. The molecule has 1 aromatic heterocycles. The van der Waals surface area contributed by atoms with E-state index in [-0.39, 0.29) is 0 Å². The molecule has 2 aromatic carbocycles. The van der Waals surface area contributed by atoms with Gasteiger partial charge in [0.2, 0.25) is 0 Å². The summed E-state index contributed by atoms with van der Waals surface area (Å²) >= 11 is 1.69. The molecular weight excluding hydrogens is 372 g/mol. The number of rotatable bonds is 5. The van der Waals surface area contributed by atoms with Gasteiger partial charge in [0.1, 0.15) is 11.5 Å². The number of hydrogen-bond donors (Lipinski definition) is 0. The molecule has 2 heterocycles. The molecule has 0 amide bonds. The van der Waals surface area contributed by atoms with Gasteiger partial charge in [-0.2, -0.15) is 0 Å². The van der Waals surface area contributed by atoms with E-state index in [0.29, 0.717) is 11.5 Å². The van der Waals surface area contributed by atoms with Gasteiger partial charge in [-0.1, -0.05) is 12.1 Å². The van der Waals surface area contributed by atoms with Gasteiger partial charge in [0.15, 0.2) is 17.1 Å². The molecule has 1 unspecified atom stereocenters. The van der Waals surface area contributed by atoms with Gasteiger partial charge in [0.05, 0.1) is 26.2 Å². The number of benzene rings is 2. The predicted octanol–water partition coefficient (Wildman–Crippen LogP) is 5.57. The van der Waals surface area contributed by atoms with Gasteiger partial charge < -0.3 is 18.9 Å². The monoisotopic (exact) mass is 394 g/mol. The maximum atomic E-state index is 6.54. The highest BCUT2D eigenvalue weighted by Crippen LogP contribution is 2.49. The average Bonchev–Trinajstić information content (AvgIpc) is 3.36. The van der Waals surface area contributed by atoms with E-state index >= 15 is 0 Å². The lowest BCUT2D eigenvalue weighted by molar-refractivity contribution is 0.121. The molecule has 0 radical (unpaired) electrons. The van der Waals surface area contributed by atoms with E-state index in [1.807, 2.05) is 36.4 Å². The standard InChI is InChI=1S/C23H22O4S/c1-23(22-6-5-11-28-22)18-14-16(24-2)8-9-17(18)20(27-23)12-15-7-10-19(25-3)21(13-15)26-4/h5-14H,1-4H3/b20-12-. The summed E-state index contributed by atoms with van der Waals surface area (Å²) in [5.41, 5.74) is 2.58. The van der Waals surface area contributed by atoms with Crippen LogP contribution in [0.5, 0.6) is 17.2 Å². The summed E-state index contributed by atoms with van der Waals surface area (Å²) in [7, 11) is 4.95. The molecule has 0 N–H and O–H groups in total. The third kappa shape index (κ3) is 3.02. The van der Waals surface area contributed by atoms with E-state index in [1.54, 1.807) is 32.7 Å². The van der Waals surface area contributed by atoms with Crippen LogP contribution in [0.1, 0.15) is 28.5 Å². The molecule has 0 saturated carbocycles. The van der Waals surface area contributed by atoms with Crippen molar-refractivity contribution in [1.29, 1.82) is 0 Å². The Labute approximate surface area is 168 Å². The van der Waals surface area contributed by atoms with Gasteiger partial charge in [0, 0.05) is 11.1 Å². The highest BCUT2D eigenvalue weighted by atomic mass is 32.1. The lowest BCUT2D eigenvalue weighted by Gasteiger charge is -2.24. The Morgan fingerprint density at radius 1 is 0.929 bits per heavy atom. The zero-order chi connectivity index (χ0) is 19.7. The summed E-state index contributed by atoms with van der Waals surface area (Å²) in [5.74, 6) is 3.02. The molecule has 3 aromatic rings. The summed E-state index contributed by atoms with van der Waals surface area (Å²) in [5, 5.41) is 2.07. The van der Waals surface area contributed by atoms with Crippen LogP contribution in [-0.4, -0.2) is 21.3 Å². The molecular formula is C23H22O4S. The molecule has 0 fully saturated rings. The lowest BCUT2D eigenvalue weighted by Crippen LogP contribution is -2.20. The van der Waals surface area contributed by atoms with Crippen LogP contribution in [0.2, 0.25) is 0 Å². The third-order valence-corrected chi connectivity index (χ3v) is 6.09. The second kappa shape index (κ2) is 7.24. The van der Waals surface area contributed by atoms with Gasteiger partial charge >= 0.3 is 0 Å². The first kappa shape index (κ1) is 18.4. The summed E-state index contributed by atoms with van der Waals surface area (Å²) in [6.45, 7) is 2.10. The van der Waals surface area contributed by atoms with E-state index in [1.165, 1.54) is 0 Å². The molecule has 0 bridgehead atoms. The van der Waals surface area contributed by atoms with Crippen LogP contribution >= 0.6 is 11.3 Å². The maximum Gasteiger partial charge on any atom is 0.166 e. The SMILES string of the molecule is COc1ccc2c(c1)C(C)(c1cccs1)O/C2=C\c1ccc(OC)c(OC)c1. The normalized spacial score (nSPS) is 19.2. The van der Waals surface area contributed by atoms with E-state index in [9.17, 15) is 0 Å². The summed E-state index contributed by atoms with van der Waals surface area (Å²) < 4.78 is 22.8. The summed E-state index contributed by atoms with van der Waals surface area (Å²) in [6, 6.07) is 16.1. The Bertz CT molecular complexity index is 1020. The minimum atomic E-state index is -0.555. The maximum absolute atomic E-state index is 6.54. The smallest absolute Gasteiger partial charge is 0.166 e. The number of fused-ring (bicyclic) bond motifs is 1. The van der Waals surface area contributed by atoms with Crippen LogP contribution in [0.4, 0.5) is 0 Å². The average molecular weight is 394 g/mol. The van der Waals surface area contributed by atoms with Gasteiger partial charge in [-0.15, -0.1) is 11.3 Å². The second-order valence-electron chi connectivity index (χ2n) is 6.65. The molecule has 1 atom stereocenters. The first-order chi connectivity index (χ1) is 13.6.